The molecule has 2 aromatic carbocycles. The minimum Gasteiger partial charge on any atom is -0.393 e. The predicted octanol–water partition coefficient (Wildman–Crippen LogP) is 3.14. The topological polar surface area (TPSA) is 106 Å². The maximum absolute atomic E-state index is 14.5. The van der Waals surface area contributed by atoms with Crippen molar-refractivity contribution >= 4 is 27.1 Å². The smallest absolute Gasteiger partial charge is 0.319 e. The first kappa shape index (κ1) is 21.1. The number of carbonyl (C=O) groups excluding carboxylic acids is 1. The highest BCUT2D eigenvalue weighted by atomic mass is 32.2. The average molecular weight is 421 g/mol. The SMILES string of the molecule is CS(=N)(=O)c1ccc(NC(=O)NCc2ccc(N3CCC(O)CC3)c(F)c2)cc1. The minimum absolute atomic E-state index is 0.162. The van der Waals surface area contributed by atoms with Crippen molar-refractivity contribution in [3.8, 4) is 0 Å². The molecule has 1 saturated heterocycles. The van der Waals surface area contributed by atoms with E-state index in [0.29, 0.717) is 47.8 Å². The molecule has 4 N–H and O–H groups in total. The van der Waals surface area contributed by atoms with Gasteiger partial charge in [0.15, 0.2) is 0 Å². The lowest BCUT2D eigenvalue weighted by Crippen LogP contribution is -2.36. The molecule has 0 spiro atoms. The lowest BCUT2D eigenvalue weighted by atomic mass is 10.1. The van der Waals surface area contributed by atoms with Gasteiger partial charge >= 0.3 is 6.03 Å². The first-order chi connectivity index (χ1) is 13.7. The molecule has 0 aromatic heterocycles. The van der Waals surface area contributed by atoms with Gasteiger partial charge in [0.2, 0.25) is 0 Å². The lowest BCUT2D eigenvalue weighted by molar-refractivity contribution is 0.145. The van der Waals surface area contributed by atoms with E-state index >= 15 is 0 Å². The number of anilines is 2. The van der Waals surface area contributed by atoms with E-state index in [-0.39, 0.29) is 18.5 Å². The molecule has 2 aromatic rings. The summed E-state index contributed by atoms with van der Waals surface area (Å²) in [6.07, 6.45) is 2.27. The fourth-order valence-electron chi connectivity index (χ4n) is 3.18. The molecule has 29 heavy (non-hydrogen) atoms. The summed E-state index contributed by atoms with van der Waals surface area (Å²) in [6.45, 7) is 1.39. The van der Waals surface area contributed by atoms with Crippen LogP contribution in [0.4, 0.5) is 20.6 Å². The Kier molecular flexibility index (Phi) is 6.39. The Morgan fingerprint density at radius 3 is 2.48 bits per heavy atom. The Bertz CT molecular complexity index is 972. The third-order valence-electron chi connectivity index (χ3n) is 4.83. The molecule has 1 unspecified atom stereocenters. The van der Waals surface area contributed by atoms with Crippen molar-refractivity contribution < 1.29 is 18.5 Å². The molecule has 0 aliphatic carbocycles. The zero-order valence-electron chi connectivity index (χ0n) is 16.2. The number of benzene rings is 2. The summed E-state index contributed by atoms with van der Waals surface area (Å²) >= 11 is 0. The van der Waals surface area contributed by atoms with Crippen LogP contribution in [-0.4, -0.2) is 40.8 Å². The number of nitrogens with zero attached hydrogens (tertiary/aromatic N) is 1. The molecule has 1 aliphatic heterocycles. The number of amides is 2. The van der Waals surface area contributed by atoms with Crippen LogP contribution in [0.15, 0.2) is 47.4 Å². The first-order valence-electron chi connectivity index (χ1n) is 9.32. The van der Waals surface area contributed by atoms with Gasteiger partial charge in [0.05, 0.1) is 21.5 Å². The molecule has 1 atom stereocenters. The molecule has 0 saturated carbocycles. The molecule has 1 aliphatic rings. The van der Waals surface area contributed by atoms with Crippen molar-refractivity contribution in [2.75, 3.05) is 29.6 Å². The summed E-state index contributed by atoms with van der Waals surface area (Å²) in [7, 11) is -2.79. The van der Waals surface area contributed by atoms with Crippen molar-refractivity contribution in [3.05, 3.63) is 53.8 Å². The maximum atomic E-state index is 14.5. The first-order valence-corrected chi connectivity index (χ1v) is 11.3. The van der Waals surface area contributed by atoms with Gasteiger partial charge in [-0.1, -0.05) is 6.07 Å². The van der Waals surface area contributed by atoms with Gasteiger partial charge in [-0.15, -0.1) is 0 Å². The number of aliphatic hydroxyl groups is 1. The fraction of sp³-hybridized carbons (Fsp3) is 0.350. The molecule has 0 radical (unpaired) electrons. The average Bonchev–Trinajstić information content (AvgIpc) is 2.67. The molecule has 3 rings (SSSR count). The van der Waals surface area contributed by atoms with Gasteiger partial charge in [-0.05, 0) is 54.8 Å². The summed E-state index contributed by atoms with van der Waals surface area (Å²) in [5, 5.41) is 14.9. The van der Waals surface area contributed by atoms with Crippen LogP contribution >= 0.6 is 0 Å². The molecule has 9 heteroatoms. The molecule has 0 bridgehead atoms. The van der Waals surface area contributed by atoms with Gasteiger partial charge < -0.3 is 20.6 Å². The van der Waals surface area contributed by atoms with Gasteiger partial charge in [-0.25, -0.2) is 18.2 Å². The van der Waals surface area contributed by atoms with Crippen LogP contribution in [0.1, 0.15) is 18.4 Å². The Morgan fingerprint density at radius 1 is 1.24 bits per heavy atom. The minimum atomic E-state index is -2.79. The number of halogens is 1. The van der Waals surface area contributed by atoms with E-state index < -0.39 is 15.8 Å². The number of urea groups is 1. The summed E-state index contributed by atoms with van der Waals surface area (Å²) in [5.41, 5.74) is 1.64. The van der Waals surface area contributed by atoms with E-state index in [1.165, 1.54) is 12.3 Å². The van der Waals surface area contributed by atoms with E-state index in [4.69, 9.17) is 4.78 Å². The van der Waals surface area contributed by atoms with Crippen LogP contribution < -0.4 is 15.5 Å². The second-order valence-electron chi connectivity index (χ2n) is 7.18. The largest absolute Gasteiger partial charge is 0.393 e. The van der Waals surface area contributed by atoms with Crippen LogP contribution in [0.2, 0.25) is 0 Å². The predicted molar refractivity (Wildman–Crippen MR) is 111 cm³/mol. The van der Waals surface area contributed by atoms with Crippen molar-refractivity contribution in [3.63, 3.8) is 0 Å². The number of hydrogen-bond acceptors (Lipinski definition) is 5. The summed E-state index contributed by atoms with van der Waals surface area (Å²) < 4.78 is 33.7. The number of aliphatic hydroxyl groups excluding tert-OH is 1. The van der Waals surface area contributed by atoms with Gasteiger partial charge in [0.25, 0.3) is 0 Å². The Hall–Kier alpha value is -2.65. The Morgan fingerprint density at radius 2 is 1.90 bits per heavy atom. The van der Waals surface area contributed by atoms with Gasteiger partial charge in [0, 0.05) is 36.5 Å². The monoisotopic (exact) mass is 420 g/mol. The molecule has 7 nitrogen and oxygen atoms in total. The van der Waals surface area contributed by atoms with Crippen molar-refractivity contribution in [2.45, 2.75) is 30.4 Å². The highest BCUT2D eigenvalue weighted by molar-refractivity contribution is 7.91. The third-order valence-corrected chi connectivity index (χ3v) is 6.00. The standard InChI is InChI=1S/C20H25FN4O3S/c1-29(22,28)17-5-3-15(4-6-17)24-20(27)23-13-14-2-7-19(18(21)12-14)25-10-8-16(26)9-11-25/h2-7,12,16,22,26H,8-11,13H2,1H3,(H2,23,24,27). The number of carbonyl (C=O) groups is 1. The van der Waals surface area contributed by atoms with Gasteiger partial charge in [-0.3, -0.25) is 0 Å². The molecular weight excluding hydrogens is 395 g/mol. The van der Waals surface area contributed by atoms with Crippen molar-refractivity contribution in [2.24, 2.45) is 0 Å². The fourth-order valence-corrected chi connectivity index (χ4v) is 3.83. The molecule has 156 valence electrons. The van der Waals surface area contributed by atoms with E-state index in [1.54, 1.807) is 36.4 Å². The highest BCUT2D eigenvalue weighted by Gasteiger charge is 2.19. The Labute approximate surface area is 169 Å². The summed E-state index contributed by atoms with van der Waals surface area (Å²) in [5.74, 6) is -0.352. The summed E-state index contributed by atoms with van der Waals surface area (Å²) in [4.78, 5) is 14.4. The number of hydrogen-bond donors (Lipinski definition) is 4. The van der Waals surface area contributed by atoms with E-state index in [1.807, 2.05) is 4.90 Å². The zero-order chi connectivity index (χ0) is 21.0. The van der Waals surface area contributed by atoms with E-state index in [2.05, 4.69) is 10.6 Å². The normalized spacial score (nSPS) is 16.9. The number of piperidine rings is 1. The lowest BCUT2D eigenvalue weighted by Gasteiger charge is -2.31. The van der Waals surface area contributed by atoms with E-state index in [9.17, 15) is 18.5 Å². The zero-order valence-corrected chi connectivity index (χ0v) is 17.0. The molecular formula is C20H25FN4O3S. The molecule has 1 fully saturated rings. The number of nitrogens with one attached hydrogen (secondary N) is 3. The van der Waals surface area contributed by atoms with Crippen LogP contribution in [0.3, 0.4) is 0 Å². The van der Waals surface area contributed by atoms with Gasteiger partial charge in [-0.2, -0.15) is 0 Å². The van der Waals surface area contributed by atoms with Crippen LogP contribution in [-0.2, 0) is 16.3 Å². The van der Waals surface area contributed by atoms with Crippen molar-refractivity contribution in [1.29, 1.82) is 4.78 Å². The van der Waals surface area contributed by atoms with Crippen molar-refractivity contribution in [1.82, 2.24) is 5.32 Å². The van der Waals surface area contributed by atoms with Crippen LogP contribution in [0, 0.1) is 10.6 Å². The van der Waals surface area contributed by atoms with Crippen LogP contribution in [0.25, 0.3) is 0 Å². The third kappa shape index (κ3) is 5.68. The second-order valence-corrected chi connectivity index (χ2v) is 9.34. The number of rotatable bonds is 5. The quantitative estimate of drug-likeness (QED) is 0.596. The Balaban J connectivity index is 1.54. The molecule has 2 amide bonds. The van der Waals surface area contributed by atoms with E-state index in [0.717, 1.165) is 0 Å². The van der Waals surface area contributed by atoms with Crippen LogP contribution in [0.5, 0.6) is 0 Å². The maximum Gasteiger partial charge on any atom is 0.319 e. The summed E-state index contributed by atoms with van der Waals surface area (Å²) in [6, 6.07) is 10.7. The molecule has 1 heterocycles. The highest BCUT2D eigenvalue weighted by Crippen LogP contribution is 2.24. The van der Waals surface area contributed by atoms with Gasteiger partial charge in [0.1, 0.15) is 5.82 Å². The second kappa shape index (κ2) is 8.79.